The van der Waals surface area contributed by atoms with Crippen LogP contribution in [0.1, 0.15) is 12.8 Å². The lowest BCUT2D eigenvalue weighted by Gasteiger charge is -2.16. The van der Waals surface area contributed by atoms with Crippen molar-refractivity contribution in [1.82, 2.24) is 19.7 Å². The molecule has 26 heavy (non-hydrogen) atoms. The normalized spacial score (nSPS) is 14.2. The van der Waals surface area contributed by atoms with E-state index in [2.05, 4.69) is 25.3 Å². The lowest BCUT2D eigenvalue weighted by Crippen LogP contribution is -2.21. The quantitative estimate of drug-likeness (QED) is 0.760. The monoisotopic (exact) mass is 374 g/mol. The van der Waals surface area contributed by atoms with Crippen molar-refractivity contribution < 1.29 is 9.18 Å². The molecule has 1 N–H and O–H groups in total. The highest BCUT2D eigenvalue weighted by Crippen LogP contribution is 2.25. The number of hydrogen-bond donors (Lipinski definition) is 1. The molecular weight excluding hydrogens is 359 g/mol. The van der Waals surface area contributed by atoms with Gasteiger partial charge in [-0.3, -0.25) is 4.79 Å². The van der Waals surface area contributed by atoms with Crippen LogP contribution < -0.4 is 10.2 Å². The summed E-state index contributed by atoms with van der Waals surface area (Å²) in [6, 6.07) is 4.02. The van der Waals surface area contributed by atoms with Crippen molar-refractivity contribution in [3.05, 3.63) is 41.6 Å². The first kappa shape index (κ1) is 16.7. The Bertz CT molecular complexity index is 969. The molecule has 0 bridgehead atoms. The molecule has 0 atom stereocenters. The lowest BCUT2D eigenvalue weighted by molar-refractivity contribution is -0.116. The molecular formula is C17H16ClFN6O. The smallest absolute Gasteiger partial charge is 0.246 e. The predicted octanol–water partition coefficient (Wildman–Crippen LogP) is 2.86. The van der Waals surface area contributed by atoms with Gasteiger partial charge >= 0.3 is 0 Å². The van der Waals surface area contributed by atoms with Gasteiger partial charge in [-0.1, -0.05) is 11.6 Å². The van der Waals surface area contributed by atoms with E-state index in [0.717, 1.165) is 37.1 Å². The number of amides is 1. The summed E-state index contributed by atoms with van der Waals surface area (Å²) < 4.78 is 14.7. The number of nitrogens with one attached hydrogen (secondary N) is 1. The number of carbonyl (C=O) groups excluding carboxylic acids is 1. The fraction of sp³-hybridized carbons (Fsp3) is 0.294. The summed E-state index contributed by atoms with van der Waals surface area (Å²) >= 11 is 5.73. The second-order valence-electron chi connectivity index (χ2n) is 6.11. The molecule has 134 valence electrons. The van der Waals surface area contributed by atoms with E-state index in [0.29, 0.717) is 11.3 Å². The fourth-order valence-corrected chi connectivity index (χ4v) is 3.27. The molecule has 1 aliphatic rings. The fourth-order valence-electron chi connectivity index (χ4n) is 3.09. The van der Waals surface area contributed by atoms with E-state index in [9.17, 15) is 9.18 Å². The summed E-state index contributed by atoms with van der Waals surface area (Å²) in [5, 5.41) is 7.74. The third-order valence-corrected chi connectivity index (χ3v) is 4.60. The molecule has 1 saturated heterocycles. The number of fused-ring (bicyclic) bond motifs is 1. The number of benzene rings is 1. The van der Waals surface area contributed by atoms with Crippen molar-refractivity contribution >= 4 is 40.0 Å². The number of nitrogens with zero attached hydrogens (tertiary/aromatic N) is 5. The maximum absolute atomic E-state index is 13.2. The largest absolute Gasteiger partial charge is 0.356 e. The minimum absolute atomic E-state index is 0.0189. The topological polar surface area (TPSA) is 75.9 Å². The van der Waals surface area contributed by atoms with Gasteiger partial charge < -0.3 is 10.2 Å². The second kappa shape index (κ2) is 6.87. The molecule has 7 nitrogen and oxygen atoms in total. The molecule has 3 heterocycles. The van der Waals surface area contributed by atoms with Gasteiger partial charge in [0.05, 0.1) is 16.6 Å². The van der Waals surface area contributed by atoms with E-state index in [-0.39, 0.29) is 17.5 Å². The van der Waals surface area contributed by atoms with E-state index in [1.54, 1.807) is 6.20 Å². The molecule has 1 amide bonds. The highest BCUT2D eigenvalue weighted by Gasteiger charge is 2.19. The van der Waals surface area contributed by atoms with Crippen LogP contribution in [-0.4, -0.2) is 38.7 Å². The van der Waals surface area contributed by atoms with Gasteiger partial charge in [-0.25, -0.2) is 19.0 Å². The first-order chi connectivity index (χ1) is 12.6. The predicted molar refractivity (Wildman–Crippen MR) is 96.8 cm³/mol. The SMILES string of the molecule is O=C(Cn1ncc2c(N3CCCC3)ncnc21)Nc1ccc(F)c(Cl)c1. The third-order valence-electron chi connectivity index (χ3n) is 4.31. The van der Waals surface area contributed by atoms with Gasteiger partial charge in [0, 0.05) is 18.8 Å². The van der Waals surface area contributed by atoms with Gasteiger partial charge in [0.15, 0.2) is 5.65 Å². The summed E-state index contributed by atoms with van der Waals surface area (Å²) in [6.07, 6.45) is 5.46. The zero-order valence-electron chi connectivity index (χ0n) is 13.8. The number of halogens is 2. The average Bonchev–Trinajstić information content (AvgIpc) is 3.28. The number of carbonyl (C=O) groups is 1. The zero-order valence-corrected chi connectivity index (χ0v) is 14.6. The summed E-state index contributed by atoms with van der Waals surface area (Å²) in [6.45, 7) is 1.90. The van der Waals surface area contributed by atoms with Crippen LogP contribution in [0, 0.1) is 5.82 Å². The summed E-state index contributed by atoms with van der Waals surface area (Å²) in [7, 11) is 0. The van der Waals surface area contributed by atoms with Crippen LogP contribution in [0.2, 0.25) is 5.02 Å². The molecule has 4 rings (SSSR count). The minimum Gasteiger partial charge on any atom is -0.356 e. The van der Waals surface area contributed by atoms with Crippen molar-refractivity contribution in [3.8, 4) is 0 Å². The van der Waals surface area contributed by atoms with Crippen molar-refractivity contribution in [3.63, 3.8) is 0 Å². The lowest BCUT2D eigenvalue weighted by atomic mass is 10.3. The maximum Gasteiger partial charge on any atom is 0.246 e. The van der Waals surface area contributed by atoms with E-state index in [1.165, 1.54) is 29.2 Å². The molecule has 0 spiro atoms. The highest BCUT2D eigenvalue weighted by atomic mass is 35.5. The number of anilines is 2. The Morgan fingerprint density at radius 3 is 2.85 bits per heavy atom. The minimum atomic E-state index is -0.533. The zero-order chi connectivity index (χ0) is 18.1. The average molecular weight is 375 g/mol. The Kier molecular flexibility index (Phi) is 4.42. The third kappa shape index (κ3) is 3.20. The van der Waals surface area contributed by atoms with Crippen LogP contribution in [0.5, 0.6) is 0 Å². The van der Waals surface area contributed by atoms with E-state index in [1.807, 2.05) is 0 Å². The molecule has 1 aliphatic heterocycles. The van der Waals surface area contributed by atoms with Gasteiger partial charge in [0.25, 0.3) is 0 Å². The summed E-state index contributed by atoms with van der Waals surface area (Å²) in [5.74, 6) is 0.0114. The molecule has 0 aliphatic carbocycles. The molecule has 0 saturated carbocycles. The Hall–Kier alpha value is -2.74. The van der Waals surface area contributed by atoms with Crippen molar-refractivity contribution in [2.24, 2.45) is 0 Å². The Balaban J connectivity index is 1.54. The van der Waals surface area contributed by atoms with E-state index >= 15 is 0 Å². The van der Waals surface area contributed by atoms with E-state index < -0.39 is 5.82 Å². The first-order valence-corrected chi connectivity index (χ1v) is 8.66. The van der Waals surface area contributed by atoms with Crippen LogP contribution >= 0.6 is 11.6 Å². The summed E-state index contributed by atoms with van der Waals surface area (Å²) in [5.41, 5.74) is 1.03. The molecule has 3 aromatic rings. The van der Waals surface area contributed by atoms with Gasteiger partial charge in [-0.2, -0.15) is 5.10 Å². The Morgan fingerprint density at radius 2 is 2.08 bits per heavy atom. The first-order valence-electron chi connectivity index (χ1n) is 8.28. The van der Waals surface area contributed by atoms with Crippen LogP contribution in [-0.2, 0) is 11.3 Å². The van der Waals surface area contributed by atoms with Gasteiger partial charge in [-0.05, 0) is 31.0 Å². The molecule has 1 aromatic carbocycles. The van der Waals surface area contributed by atoms with Gasteiger partial charge in [0.2, 0.25) is 5.91 Å². The summed E-state index contributed by atoms with van der Waals surface area (Å²) in [4.78, 5) is 23.2. The molecule has 2 aromatic heterocycles. The molecule has 0 unspecified atom stereocenters. The van der Waals surface area contributed by atoms with Crippen molar-refractivity contribution in [1.29, 1.82) is 0 Å². The van der Waals surface area contributed by atoms with Crippen LogP contribution in [0.25, 0.3) is 11.0 Å². The maximum atomic E-state index is 13.2. The number of rotatable bonds is 4. The van der Waals surface area contributed by atoms with Crippen molar-refractivity contribution in [2.45, 2.75) is 19.4 Å². The van der Waals surface area contributed by atoms with E-state index in [4.69, 9.17) is 11.6 Å². The van der Waals surface area contributed by atoms with Crippen LogP contribution in [0.15, 0.2) is 30.7 Å². The van der Waals surface area contributed by atoms with Gasteiger partial charge in [0.1, 0.15) is 24.5 Å². The second-order valence-corrected chi connectivity index (χ2v) is 6.52. The van der Waals surface area contributed by atoms with Crippen LogP contribution in [0.4, 0.5) is 15.9 Å². The van der Waals surface area contributed by atoms with Crippen molar-refractivity contribution in [2.75, 3.05) is 23.3 Å². The van der Waals surface area contributed by atoms with Crippen LogP contribution in [0.3, 0.4) is 0 Å². The Morgan fingerprint density at radius 1 is 1.27 bits per heavy atom. The molecule has 1 fully saturated rings. The number of hydrogen-bond acceptors (Lipinski definition) is 5. The standard InChI is InChI=1S/C17H16ClFN6O/c18-13-7-11(3-4-14(13)19)23-15(26)9-25-17-12(8-22-25)16(20-10-21-17)24-5-1-2-6-24/h3-4,7-8,10H,1-2,5-6,9H2,(H,23,26). The highest BCUT2D eigenvalue weighted by molar-refractivity contribution is 6.31. The van der Waals surface area contributed by atoms with Gasteiger partial charge in [-0.15, -0.1) is 0 Å². The Labute approximate surface area is 153 Å². The molecule has 0 radical (unpaired) electrons. The number of aromatic nitrogens is 4. The molecule has 9 heteroatoms.